The fourth-order valence-corrected chi connectivity index (χ4v) is 3.46. The zero-order valence-corrected chi connectivity index (χ0v) is 11.5. The minimum Gasteiger partial charge on any atom is -0.342 e. The van der Waals surface area contributed by atoms with E-state index in [1.54, 1.807) is 6.92 Å². The van der Waals surface area contributed by atoms with Crippen LogP contribution < -0.4 is 5.73 Å². The van der Waals surface area contributed by atoms with E-state index in [2.05, 4.69) is 0 Å². The topological polar surface area (TPSA) is 63.4 Å². The van der Waals surface area contributed by atoms with Crippen LogP contribution in [-0.2, 0) is 9.59 Å². The summed E-state index contributed by atoms with van der Waals surface area (Å²) in [4.78, 5) is 25.5. The Labute approximate surface area is 108 Å². The average molecular weight is 250 g/mol. The summed E-state index contributed by atoms with van der Waals surface area (Å²) in [5.74, 6) is 0.279. The summed E-state index contributed by atoms with van der Waals surface area (Å²) in [6, 6.07) is 0. The molecule has 0 radical (unpaired) electrons. The Morgan fingerprint density at radius 1 is 1.50 bits per heavy atom. The summed E-state index contributed by atoms with van der Waals surface area (Å²) in [6.45, 7) is 7.37. The summed E-state index contributed by atoms with van der Waals surface area (Å²) in [7, 11) is 0. The third kappa shape index (κ3) is 2.09. The fourth-order valence-electron chi connectivity index (χ4n) is 3.46. The van der Waals surface area contributed by atoms with Crippen molar-refractivity contribution in [2.45, 2.75) is 33.6 Å². The van der Waals surface area contributed by atoms with E-state index >= 15 is 0 Å². The second kappa shape index (κ2) is 4.19. The average Bonchev–Trinajstić information content (AvgIpc) is 2.67. The minimum atomic E-state index is -0.365. The van der Waals surface area contributed by atoms with Crippen molar-refractivity contribution >= 4 is 11.7 Å². The van der Waals surface area contributed by atoms with Gasteiger partial charge in [-0.05, 0) is 12.8 Å². The first-order valence-electron chi connectivity index (χ1n) is 6.52. The largest absolute Gasteiger partial charge is 0.342 e. The molecule has 0 bridgehead atoms. The van der Waals surface area contributed by atoms with Crippen LogP contribution in [0.3, 0.4) is 0 Å². The standard InChI is InChI=1S/C14H22N2O2/c1-10(17)16-5-4-14(9-16)6-11(7-15)12(18)13(2,3)8-14/h6H,4-5,7-9,15H2,1-3H3/t14-/m1/s1. The van der Waals surface area contributed by atoms with Crippen LogP contribution in [0.15, 0.2) is 11.6 Å². The molecule has 4 nitrogen and oxygen atoms in total. The van der Waals surface area contributed by atoms with E-state index in [4.69, 9.17) is 5.73 Å². The molecule has 100 valence electrons. The molecule has 18 heavy (non-hydrogen) atoms. The van der Waals surface area contributed by atoms with E-state index in [-0.39, 0.29) is 22.5 Å². The lowest BCUT2D eigenvalue weighted by atomic mass is 9.64. The van der Waals surface area contributed by atoms with Gasteiger partial charge in [-0.15, -0.1) is 0 Å². The first-order chi connectivity index (χ1) is 8.30. The number of Topliss-reactive ketones (excluding diaryl/α,β-unsaturated/α-hetero) is 1. The van der Waals surface area contributed by atoms with Gasteiger partial charge in [0.2, 0.25) is 5.91 Å². The van der Waals surface area contributed by atoms with Gasteiger partial charge in [-0.25, -0.2) is 0 Å². The maximum absolute atomic E-state index is 12.2. The lowest BCUT2D eigenvalue weighted by molar-refractivity contribution is -0.128. The molecule has 1 aliphatic heterocycles. The van der Waals surface area contributed by atoms with Crippen LogP contribution in [0.5, 0.6) is 0 Å². The van der Waals surface area contributed by atoms with E-state index in [1.165, 1.54) is 0 Å². The van der Waals surface area contributed by atoms with Crippen molar-refractivity contribution in [3.05, 3.63) is 11.6 Å². The van der Waals surface area contributed by atoms with Crippen molar-refractivity contribution in [3.63, 3.8) is 0 Å². The molecular weight excluding hydrogens is 228 g/mol. The van der Waals surface area contributed by atoms with E-state index in [0.717, 1.165) is 31.5 Å². The number of likely N-dealkylation sites (tertiary alicyclic amines) is 1. The number of carbonyl (C=O) groups is 2. The molecule has 0 aromatic rings. The molecule has 1 heterocycles. The molecule has 1 aliphatic carbocycles. The fraction of sp³-hybridized carbons (Fsp3) is 0.714. The SMILES string of the molecule is CC(=O)N1CC[C@]2(C=C(CN)C(=O)C(C)(C)C2)C1. The number of amides is 1. The Bertz CT molecular complexity index is 426. The van der Waals surface area contributed by atoms with Gasteiger partial charge in [0.1, 0.15) is 0 Å². The number of nitrogens with zero attached hydrogens (tertiary/aromatic N) is 1. The molecule has 0 saturated carbocycles. The quantitative estimate of drug-likeness (QED) is 0.758. The molecule has 1 amide bonds. The summed E-state index contributed by atoms with van der Waals surface area (Å²) >= 11 is 0. The highest BCUT2D eigenvalue weighted by Crippen LogP contribution is 2.47. The van der Waals surface area contributed by atoms with Gasteiger partial charge in [0.25, 0.3) is 0 Å². The molecule has 2 N–H and O–H groups in total. The highest BCUT2D eigenvalue weighted by atomic mass is 16.2. The number of carbonyl (C=O) groups excluding carboxylic acids is 2. The summed E-state index contributed by atoms with van der Waals surface area (Å²) < 4.78 is 0. The Balaban J connectivity index is 2.32. The zero-order chi connectivity index (χ0) is 13.6. The second-order valence-electron chi connectivity index (χ2n) is 6.32. The number of hydrogen-bond donors (Lipinski definition) is 1. The first-order valence-corrected chi connectivity index (χ1v) is 6.52. The highest BCUT2D eigenvalue weighted by Gasteiger charge is 2.47. The van der Waals surface area contributed by atoms with Gasteiger partial charge in [-0.1, -0.05) is 19.9 Å². The van der Waals surface area contributed by atoms with Crippen molar-refractivity contribution in [1.29, 1.82) is 0 Å². The number of hydrogen-bond acceptors (Lipinski definition) is 3. The van der Waals surface area contributed by atoms with Crippen LogP contribution in [0.4, 0.5) is 0 Å². The van der Waals surface area contributed by atoms with Crippen molar-refractivity contribution in [3.8, 4) is 0 Å². The second-order valence-corrected chi connectivity index (χ2v) is 6.32. The molecule has 1 spiro atoms. The van der Waals surface area contributed by atoms with Gasteiger partial charge < -0.3 is 10.6 Å². The normalized spacial score (nSPS) is 30.8. The predicted molar refractivity (Wildman–Crippen MR) is 69.8 cm³/mol. The van der Waals surface area contributed by atoms with Crippen LogP contribution in [0.1, 0.15) is 33.6 Å². The monoisotopic (exact) mass is 250 g/mol. The van der Waals surface area contributed by atoms with Crippen molar-refractivity contribution in [1.82, 2.24) is 4.90 Å². The summed E-state index contributed by atoms with van der Waals surface area (Å²) in [5, 5.41) is 0. The molecule has 1 atom stereocenters. The first kappa shape index (κ1) is 13.3. The van der Waals surface area contributed by atoms with E-state index in [1.807, 2.05) is 24.8 Å². The molecule has 1 fully saturated rings. The Kier molecular flexibility index (Phi) is 3.09. The molecule has 0 unspecified atom stereocenters. The van der Waals surface area contributed by atoms with Gasteiger partial charge in [0.15, 0.2) is 5.78 Å². The molecule has 2 aliphatic rings. The Morgan fingerprint density at radius 3 is 2.67 bits per heavy atom. The number of nitrogens with two attached hydrogens (primary N) is 1. The Hall–Kier alpha value is -1.16. The smallest absolute Gasteiger partial charge is 0.219 e. The van der Waals surface area contributed by atoms with Gasteiger partial charge in [-0.3, -0.25) is 9.59 Å². The lowest BCUT2D eigenvalue weighted by Gasteiger charge is -2.39. The zero-order valence-electron chi connectivity index (χ0n) is 11.5. The van der Waals surface area contributed by atoms with E-state index in [9.17, 15) is 9.59 Å². The molecule has 4 heteroatoms. The van der Waals surface area contributed by atoms with Crippen molar-refractivity contribution in [2.75, 3.05) is 19.6 Å². The maximum atomic E-state index is 12.2. The van der Waals surface area contributed by atoms with Gasteiger partial charge in [-0.2, -0.15) is 0 Å². The highest BCUT2D eigenvalue weighted by molar-refractivity contribution is 6.00. The molecule has 0 aromatic carbocycles. The van der Waals surface area contributed by atoms with Crippen LogP contribution in [0, 0.1) is 10.8 Å². The molecule has 0 aromatic heterocycles. The minimum absolute atomic E-state index is 0.0439. The third-order valence-electron chi connectivity index (χ3n) is 4.23. The van der Waals surface area contributed by atoms with Crippen molar-refractivity contribution < 1.29 is 9.59 Å². The van der Waals surface area contributed by atoms with Gasteiger partial charge >= 0.3 is 0 Å². The summed E-state index contributed by atoms with van der Waals surface area (Å²) in [5.41, 5.74) is 6.01. The molecule has 1 saturated heterocycles. The van der Waals surface area contributed by atoms with Crippen LogP contribution >= 0.6 is 0 Å². The van der Waals surface area contributed by atoms with Gasteiger partial charge in [0.05, 0.1) is 0 Å². The Morgan fingerprint density at radius 2 is 2.17 bits per heavy atom. The van der Waals surface area contributed by atoms with Crippen molar-refractivity contribution in [2.24, 2.45) is 16.6 Å². The van der Waals surface area contributed by atoms with Crippen LogP contribution in [0.25, 0.3) is 0 Å². The van der Waals surface area contributed by atoms with Crippen LogP contribution in [-0.4, -0.2) is 36.2 Å². The van der Waals surface area contributed by atoms with Crippen LogP contribution in [0.2, 0.25) is 0 Å². The summed E-state index contributed by atoms with van der Waals surface area (Å²) in [6.07, 6.45) is 3.79. The lowest BCUT2D eigenvalue weighted by Crippen LogP contribution is -2.42. The van der Waals surface area contributed by atoms with E-state index < -0.39 is 0 Å². The predicted octanol–water partition coefficient (Wildman–Crippen LogP) is 1.11. The van der Waals surface area contributed by atoms with Gasteiger partial charge in [0, 0.05) is 43.0 Å². The molecule has 2 rings (SSSR count). The molecular formula is C14H22N2O2. The number of ketones is 1. The number of rotatable bonds is 1. The van der Waals surface area contributed by atoms with E-state index in [0.29, 0.717) is 6.54 Å². The third-order valence-corrected chi connectivity index (χ3v) is 4.23. The maximum Gasteiger partial charge on any atom is 0.219 e.